The third kappa shape index (κ3) is 2.87. The predicted octanol–water partition coefficient (Wildman–Crippen LogP) is 1.67. The number of hydrogen-bond donors (Lipinski definition) is 3. The summed E-state index contributed by atoms with van der Waals surface area (Å²) in [5.41, 5.74) is 3.49. The number of nitrogens with one attached hydrogen (secondary N) is 2. The van der Waals surface area contributed by atoms with Gasteiger partial charge in [0.1, 0.15) is 0 Å². The van der Waals surface area contributed by atoms with Crippen molar-refractivity contribution >= 4 is 0 Å². The Bertz CT molecular complexity index is 342. The number of aromatic amines is 1. The second kappa shape index (κ2) is 5.65. The van der Waals surface area contributed by atoms with E-state index in [0.29, 0.717) is 18.6 Å². The molecular weight excluding hydrogens is 214 g/mol. The lowest BCUT2D eigenvalue weighted by molar-refractivity contribution is 0.152. The molecule has 96 valence electrons. The first kappa shape index (κ1) is 12.6. The summed E-state index contributed by atoms with van der Waals surface area (Å²) in [7, 11) is 0. The number of aryl methyl sites for hydroxylation is 2. The van der Waals surface area contributed by atoms with Gasteiger partial charge in [-0.05, 0) is 32.6 Å². The standard InChI is InChI=1S/C13H23N3O/c1-9-12(10(2)16-15-9)7-14-13-6-4-3-5-11(13)8-17/h11,13-14,17H,3-8H2,1-2H3,(H,15,16). The van der Waals surface area contributed by atoms with Crippen LogP contribution in [0, 0.1) is 19.8 Å². The first-order valence-electron chi connectivity index (χ1n) is 6.57. The number of aliphatic hydroxyl groups excluding tert-OH is 1. The van der Waals surface area contributed by atoms with Gasteiger partial charge in [0.05, 0.1) is 5.69 Å². The summed E-state index contributed by atoms with van der Waals surface area (Å²) in [5.74, 6) is 0.427. The molecule has 1 aromatic heterocycles. The molecule has 17 heavy (non-hydrogen) atoms. The van der Waals surface area contributed by atoms with Crippen LogP contribution in [0.4, 0.5) is 0 Å². The van der Waals surface area contributed by atoms with E-state index in [1.54, 1.807) is 0 Å². The average Bonchev–Trinajstić information content (AvgIpc) is 2.67. The van der Waals surface area contributed by atoms with Gasteiger partial charge < -0.3 is 10.4 Å². The molecule has 1 aliphatic carbocycles. The molecule has 0 spiro atoms. The van der Waals surface area contributed by atoms with Crippen molar-refractivity contribution in [2.75, 3.05) is 6.61 Å². The van der Waals surface area contributed by atoms with Gasteiger partial charge in [0, 0.05) is 30.5 Å². The maximum absolute atomic E-state index is 9.37. The molecule has 1 saturated carbocycles. The molecule has 0 radical (unpaired) electrons. The molecule has 2 atom stereocenters. The summed E-state index contributed by atoms with van der Waals surface area (Å²) in [6.45, 7) is 5.25. The molecule has 0 aliphatic heterocycles. The molecule has 1 aliphatic rings. The molecule has 0 saturated heterocycles. The second-order valence-corrected chi connectivity index (χ2v) is 5.13. The van der Waals surface area contributed by atoms with E-state index in [1.165, 1.54) is 24.8 Å². The van der Waals surface area contributed by atoms with Crippen LogP contribution in [0.25, 0.3) is 0 Å². The van der Waals surface area contributed by atoms with Gasteiger partial charge in [0.2, 0.25) is 0 Å². The first-order chi connectivity index (χ1) is 8.22. The number of aliphatic hydroxyl groups is 1. The first-order valence-corrected chi connectivity index (χ1v) is 6.57. The Morgan fingerprint density at radius 3 is 2.76 bits per heavy atom. The highest BCUT2D eigenvalue weighted by molar-refractivity contribution is 5.22. The van der Waals surface area contributed by atoms with Crippen LogP contribution >= 0.6 is 0 Å². The number of H-pyrrole nitrogens is 1. The Morgan fingerprint density at radius 1 is 1.35 bits per heavy atom. The maximum Gasteiger partial charge on any atom is 0.0638 e. The van der Waals surface area contributed by atoms with E-state index in [2.05, 4.69) is 22.4 Å². The molecule has 1 aromatic rings. The third-order valence-corrected chi connectivity index (χ3v) is 3.97. The minimum Gasteiger partial charge on any atom is -0.396 e. The topological polar surface area (TPSA) is 60.9 Å². The van der Waals surface area contributed by atoms with Crippen molar-refractivity contribution in [3.63, 3.8) is 0 Å². The molecule has 0 amide bonds. The van der Waals surface area contributed by atoms with Gasteiger partial charge in [-0.15, -0.1) is 0 Å². The van der Waals surface area contributed by atoms with Crippen molar-refractivity contribution < 1.29 is 5.11 Å². The van der Waals surface area contributed by atoms with Gasteiger partial charge >= 0.3 is 0 Å². The highest BCUT2D eigenvalue weighted by atomic mass is 16.3. The molecule has 1 heterocycles. The van der Waals surface area contributed by atoms with Crippen LogP contribution in [-0.4, -0.2) is 28.0 Å². The van der Waals surface area contributed by atoms with E-state index in [4.69, 9.17) is 0 Å². The Kier molecular flexibility index (Phi) is 4.18. The van der Waals surface area contributed by atoms with E-state index in [0.717, 1.165) is 24.4 Å². The average molecular weight is 237 g/mol. The Hall–Kier alpha value is -0.870. The van der Waals surface area contributed by atoms with Crippen molar-refractivity contribution in [3.05, 3.63) is 17.0 Å². The SMILES string of the molecule is Cc1n[nH]c(C)c1CNC1CCCCC1CO. The molecule has 4 heteroatoms. The van der Waals surface area contributed by atoms with Crippen LogP contribution in [-0.2, 0) is 6.54 Å². The Balaban J connectivity index is 1.92. The molecule has 2 unspecified atom stereocenters. The highest BCUT2D eigenvalue weighted by Gasteiger charge is 2.24. The summed E-state index contributed by atoms with van der Waals surface area (Å²) in [6.07, 6.45) is 4.86. The van der Waals surface area contributed by atoms with Crippen molar-refractivity contribution in [1.29, 1.82) is 0 Å². The Labute approximate surface area is 103 Å². The molecule has 2 rings (SSSR count). The Morgan fingerprint density at radius 2 is 2.12 bits per heavy atom. The van der Waals surface area contributed by atoms with Crippen molar-refractivity contribution in [1.82, 2.24) is 15.5 Å². The second-order valence-electron chi connectivity index (χ2n) is 5.13. The van der Waals surface area contributed by atoms with Crippen molar-refractivity contribution in [3.8, 4) is 0 Å². The fraction of sp³-hybridized carbons (Fsp3) is 0.769. The third-order valence-electron chi connectivity index (χ3n) is 3.97. The van der Waals surface area contributed by atoms with Crippen LogP contribution in [0.2, 0.25) is 0 Å². The minimum absolute atomic E-state index is 0.307. The fourth-order valence-electron chi connectivity index (χ4n) is 2.76. The predicted molar refractivity (Wildman–Crippen MR) is 67.7 cm³/mol. The van der Waals surface area contributed by atoms with E-state index in [9.17, 15) is 5.11 Å². The normalized spacial score (nSPS) is 25.1. The maximum atomic E-state index is 9.37. The fourth-order valence-corrected chi connectivity index (χ4v) is 2.76. The lowest BCUT2D eigenvalue weighted by Gasteiger charge is -2.31. The molecule has 1 fully saturated rings. The van der Waals surface area contributed by atoms with Crippen molar-refractivity contribution in [2.45, 2.75) is 52.1 Å². The van der Waals surface area contributed by atoms with Crippen LogP contribution in [0.3, 0.4) is 0 Å². The summed E-state index contributed by atoms with van der Waals surface area (Å²) >= 11 is 0. The summed E-state index contributed by atoms with van der Waals surface area (Å²) in [4.78, 5) is 0. The van der Waals surface area contributed by atoms with Gasteiger partial charge in [-0.3, -0.25) is 5.10 Å². The monoisotopic (exact) mass is 237 g/mol. The molecule has 0 aromatic carbocycles. The van der Waals surface area contributed by atoms with Gasteiger partial charge in [0.15, 0.2) is 0 Å². The number of hydrogen-bond acceptors (Lipinski definition) is 3. The van der Waals surface area contributed by atoms with Crippen LogP contribution in [0.1, 0.15) is 42.6 Å². The number of aromatic nitrogens is 2. The molecule has 4 nitrogen and oxygen atoms in total. The zero-order valence-corrected chi connectivity index (χ0v) is 10.8. The van der Waals surface area contributed by atoms with Crippen molar-refractivity contribution in [2.24, 2.45) is 5.92 Å². The van der Waals surface area contributed by atoms with E-state index >= 15 is 0 Å². The molecular formula is C13H23N3O. The van der Waals surface area contributed by atoms with Crippen LogP contribution in [0.5, 0.6) is 0 Å². The van der Waals surface area contributed by atoms with E-state index < -0.39 is 0 Å². The zero-order valence-electron chi connectivity index (χ0n) is 10.8. The quantitative estimate of drug-likeness (QED) is 0.746. The summed E-state index contributed by atoms with van der Waals surface area (Å²) in [5, 5.41) is 20.2. The van der Waals surface area contributed by atoms with E-state index in [1.807, 2.05) is 6.92 Å². The largest absolute Gasteiger partial charge is 0.396 e. The van der Waals surface area contributed by atoms with Gasteiger partial charge in [-0.2, -0.15) is 5.10 Å². The van der Waals surface area contributed by atoms with Crippen LogP contribution < -0.4 is 5.32 Å². The summed E-state index contributed by atoms with van der Waals surface area (Å²) < 4.78 is 0. The zero-order chi connectivity index (χ0) is 12.3. The van der Waals surface area contributed by atoms with Crippen LogP contribution in [0.15, 0.2) is 0 Å². The van der Waals surface area contributed by atoms with Gasteiger partial charge in [-0.25, -0.2) is 0 Å². The van der Waals surface area contributed by atoms with Gasteiger partial charge in [0.25, 0.3) is 0 Å². The van der Waals surface area contributed by atoms with E-state index in [-0.39, 0.29) is 0 Å². The molecule has 3 N–H and O–H groups in total. The highest BCUT2D eigenvalue weighted by Crippen LogP contribution is 2.24. The lowest BCUT2D eigenvalue weighted by Crippen LogP contribution is -2.39. The lowest BCUT2D eigenvalue weighted by atomic mass is 9.85. The number of nitrogens with zero attached hydrogens (tertiary/aromatic N) is 1. The van der Waals surface area contributed by atoms with Gasteiger partial charge in [-0.1, -0.05) is 12.8 Å². The smallest absolute Gasteiger partial charge is 0.0638 e. The summed E-state index contributed by atoms with van der Waals surface area (Å²) in [6, 6.07) is 0.461. The minimum atomic E-state index is 0.307. The number of rotatable bonds is 4. The molecule has 0 bridgehead atoms.